The van der Waals surface area contributed by atoms with Crippen molar-refractivity contribution < 1.29 is 19.1 Å². The molecule has 1 aromatic carbocycles. The molecule has 1 atom stereocenters. The van der Waals surface area contributed by atoms with E-state index in [2.05, 4.69) is 9.97 Å². The fraction of sp³-hybridized carbons (Fsp3) is 0.350. The molecule has 2 aromatic heterocycles. The fourth-order valence-electron chi connectivity index (χ4n) is 3.49. The number of carbonyl (C=O) groups is 1. The molecule has 29 heavy (non-hydrogen) atoms. The van der Waals surface area contributed by atoms with E-state index in [-0.39, 0.29) is 5.91 Å². The first kappa shape index (κ1) is 19.0. The summed E-state index contributed by atoms with van der Waals surface area (Å²) in [6.07, 6.45) is 0.788. The van der Waals surface area contributed by atoms with Crippen molar-refractivity contribution in [3.63, 3.8) is 0 Å². The van der Waals surface area contributed by atoms with Gasteiger partial charge in [0.15, 0.2) is 5.76 Å². The van der Waals surface area contributed by atoms with Crippen molar-refractivity contribution in [1.29, 1.82) is 0 Å². The first-order valence-corrected chi connectivity index (χ1v) is 9.39. The highest BCUT2D eigenvalue weighted by atomic mass is 16.5. The summed E-state index contributed by atoms with van der Waals surface area (Å²) in [6.45, 7) is 3.89. The molecule has 1 aliphatic rings. The average Bonchev–Trinajstić information content (AvgIpc) is 3.27. The number of piperazine rings is 1. The van der Waals surface area contributed by atoms with Gasteiger partial charge in [0.25, 0.3) is 5.91 Å². The highest BCUT2D eigenvalue weighted by molar-refractivity contribution is 5.92. The topological polar surface area (TPSA) is 118 Å². The van der Waals surface area contributed by atoms with E-state index in [1.54, 1.807) is 43.2 Å². The Balaban J connectivity index is 1.57. The van der Waals surface area contributed by atoms with E-state index in [4.69, 9.17) is 14.9 Å². The SMILES string of the molecule is COc1cc2c(N)nc(N3CCN(C(=O)c4ccco4)CC3)nc2cc1C(C)O. The van der Waals surface area contributed by atoms with Crippen LogP contribution < -0.4 is 15.4 Å². The van der Waals surface area contributed by atoms with Gasteiger partial charge in [0, 0.05) is 37.1 Å². The minimum Gasteiger partial charge on any atom is -0.496 e. The third kappa shape index (κ3) is 3.56. The lowest BCUT2D eigenvalue weighted by Gasteiger charge is -2.34. The Kier molecular flexibility index (Phi) is 4.98. The van der Waals surface area contributed by atoms with Crippen molar-refractivity contribution in [3.05, 3.63) is 41.9 Å². The Bertz CT molecular complexity index is 1030. The number of anilines is 2. The number of fused-ring (bicyclic) bond motifs is 1. The lowest BCUT2D eigenvalue weighted by atomic mass is 10.1. The Labute approximate surface area is 167 Å². The number of rotatable bonds is 4. The van der Waals surface area contributed by atoms with Gasteiger partial charge in [-0.15, -0.1) is 0 Å². The Morgan fingerprint density at radius 2 is 2.03 bits per heavy atom. The van der Waals surface area contributed by atoms with E-state index in [1.165, 1.54) is 6.26 Å². The summed E-state index contributed by atoms with van der Waals surface area (Å²) in [5.41, 5.74) is 7.45. The van der Waals surface area contributed by atoms with Crippen LogP contribution in [0.15, 0.2) is 34.9 Å². The number of aliphatic hydroxyl groups excluding tert-OH is 1. The quantitative estimate of drug-likeness (QED) is 0.685. The third-order valence-electron chi connectivity index (χ3n) is 5.10. The molecule has 1 aliphatic heterocycles. The summed E-state index contributed by atoms with van der Waals surface area (Å²) in [6, 6.07) is 6.88. The molecule has 1 unspecified atom stereocenters. The second-order valence-corrected chi connectivity index (χ2v) is 6.95. The molecule has 152 valence electrons. The van der Waals surface area contributed by atoms with Crippen LogP contribution in [0.3, 0.4) is 0 Å². The summed E-state index contributed by atoms with van der Waals surface area (Å²) in [7, 11) is 1.54. The van der Waals surface area contributed by atoms with Crippen molar-refractivity contribution in [2.45, 2.75) is 13.0 Å². The van der Waals surface area contributed by atoms with Crippen molar-refractivity contribution in [1.82, 2.24) is 14.9 Å². The van der Waals surface area contributed by atoms with Crippen LogP contribution in [0.25, 0.3) is 10.9 Å². The lowest BCUT2D eigenvalue weighted by Crippen LogP contribution is -2.49. The molecule has 0 saturated carbocycles. The number of furan rings is 1. The molecule has 1 fully saturated rings. The minimum atomic E-state index is -0.704. The predicted molar refractivity (Wildman–Crippen MR) is 108 cm³/mol. The molecule has 0 radical (unpaired) electrons. The van der Waals surface area contributed by atoms with Gasteiger partial charge < -0.3 is 29.8 Å². The van der Waals surface area contributed by atoms with Gasteiger partial charge >= 0.3 is 0 Å². The Morgan fingerprint density at radius 3 is 2.66 bits per heavy atom. The van der Waals surface area contributed by atoms with Gasteiger partial charge in [-0.25, -0.2) is 4.98 Å². The zero-order valence-electron chi connectivity index (χ0n) is 16.3. The zero-order valence-corrected chi connectivity index (χ0v) is 16.3. The van der Waals surface area contributed by atoms with E-state index in [9.17, 15) is 9.90 Å². The predicted octanol–water partition coefficient (Wildman–Crippen LogP) is 1.83. The summed E-state index contributed by atoms with van der Waals surface area (Å²) < 4.78 is 10.6. The van der Waals surface area contributed by atoms with Crippen LogP contribution in [0.1, 0.15) is 29.1 Å². The van der Waals surface area contributed by atoms with Gasteiger partial charge in [0.05, 0.1) is 25.0 Å². The second kappa shape index (κ2) is 7.59. The van der Waals surface area contributed by atoms with Gasteiger partial charge in [-0.3, -0.25) is 4.79 Å². The Hall–Kier alpha value is -3.33. The van der Waals surface area contributed by atoms with Gasteiger partial charge in [-0.1, -0.05) is 0 Å². The fourth-order valence-corrected chi connectivity index (χ4v) is 3.49. The lowest BCUT2D eigenvalue weighted by molar-refractivity contribution is 0.0714. The number of nitrogens with two attached hydrogens (primary N) is 1. The third-order valence-corrected chi connectivity index (χ3v) is 5.10. The molecule has 3 heterocycles. The molecule has 0 bridgehead atoms. The standard InChI is InChI=1S/C20H23N5O4/c1-12(26)13-10-15-14(11-17(13)28-2)18(21)23-20(22-15)25-7-5-24(6-8-25)19(27)16-4-3-9-29-16/h3-4,9-12,26H,5-8H2,1-2H3,(H2,21,22,23). The highest BCUT2D eigenvalue weighted by Gasteiger charge is 2.25. The van der Waals surface area contributed by atoms with E-state index >= 15 is 0 Å². The molecule has 1 saturated heterocycles. The number of ether oxygens (including phenoxy) is 1. The van der Waals surface area contributed by atoms with Crippen LogP contribution >= 0.6 is 0 Å². The first-order chi connectivity index (χ1) is 14.0. The van der Waals surface area contributed by atoms with Gasteiger partial charge in [0.2, 0.25) is 5.95 Å². The Morgan fingerprint density at radius 1 is 1.28 bits per heavy atom. The molecule has 0 spiro atoms. The number of methoxy groups -OCH3 is 1. The number of carbonyl (C=O) groups excluding carboxylic acids is 1. The second-order valence-electron chi connectivity index (χ2n) is 6.95. The summed E-state index contributed by atoms with van der Waals surface area (Å²) in [5, 5.41) is 10.7. The number of hydrogen-bond acceptors (Lipinski definition) is 8. The monoisotopic (exact) mass is 397 g/mol. The molecule has 0 aliphatic carbocycles. The van der Waals surface area contributed by atoms with Crippen LogP contribution in [0.2, 0.25) is 0 Å². The van der Waals surface area contributed by atoms with E-state index in [1.807, 2.05) is 4.90 Å². The number of nitrogens with zero attached hydrogens (tertiary/aromatic N) is 4. The normalized spacial score (nSPS) is 15.6. The van der Waals surface area contributed by atoms with Crippen molar-refractivity contribution in [2.24, 2.45) is 0 Å². The maximum Gasteiger partial charge on any atom is 0.289 e. The van der Waals surface area contributed by atoms with Gasteiger partial charge in [-0.2, -0.15) is 4.98 Å². The van der Waals surface area contributed by atoms with Crippen molar-refractivity contribution >= 4 is 28.6 Å². The minimum absolute atomic E-state index is 0.123. The molecule has 3 N–H and O–H groups in total. The van der Waals surface area contributed by atoms with Crippen LogP contribution in [-0.4, -0.2) is 59.2 Å². The van der Waals surface area contributed by atoms with Crippen LogP contribution in [0.4, 0.5) is 11.8 Å². The van der Waals surface area contributed by atoms with E-state index in [0.29, 0.717) is 65.9 Å². The number of hydrogen-bond donors (Lipinski definition) is 2. The molecule has 9 heteroatoms. The maximum absolute atomic E-state index is 12.4. The molecule has 3 aromatic rings. The molecule has 1 amide bonds. The largest absolute Gasteiger partial charge is 0.496 e. The summed E-state index contributed by atoms with van der Waals surface area (Å²) in [4.78, 5) is 25.3. The van der Waals surface area contributed by atoms with E-state index in [0.717, 1.165) is 0 Å². The molecular formula is C20H23N5O4. The van der Waals surface area contributed by atoms with Crippen LogP contribution in [0.5, 0.6) is 5.75 Å². The van der Waals surface area contributed by atoms with Crippen LogP contribution in [-0.2, 0) is 0 Å². The van der Waals surface area contributed by atoms with E-state index < -0.39 is 6.10 Å². The van der Waals surface area contributed by atoms with Gasteiger partial charge in [-0.05, 0) is 31.2 Å². The molecule has 9 nitrogen and oxygen atoms in total. The number of nitrogen functional groups attached to an aromatic ring is 1. The smallest absolute Gasteiger partial charge is 0.289 e. The summed E-state index contributed by atoms with van der Waals surface area (Å²) in [5.74, 6) is 1.60. The molecule has 4 rings (SSSR count). The van der Waals surface area contributed by atoms with Crippen molar-refractivity contribution in [3.8, 4) is 5.75 Å². The number of aromatic nitrogens is 2. The molecular weight excluding hydrogens is 374 g/mol. The maximum atomic E-state index is 12.4. The highest BCUT2D eigenvalue weighted by Crippen LogP contribution is 2.32. The van der Waals surface area contributed by atoms with Gasteiger partial charge in [0.1, 0.15) is 11.6 Å². The number of amides is 1. The zero-order chi connectivity index (χ0) is 20.5. The number of benzene rings is 1. The number of aliphatic hydroxyl groups is 1. The first-order valence-electron chi connectivity index (χ1n) is 9.39. The van der Waals surface area contributed by atoms with Crippen molar-refractivity contribution in [2.75, 3.05) is 43.9 Å². The average molecular weight is 397 g/mol. The summed E-state index contributed by atoms with van der Waals surface area (Å²) >= 11 is 0. The van der Waals surface area contributed by atoms with Crippen LogP contribution in [0, 0.1) is 0 Å².